The van der Waals surface area contributed by atoms with E-state index in [0.717, 1.165) is 10.9 Å². The summed E-state index contributed by atoms with van der Waals surface area (Å²) in [7, 11) is 1.30. The lowest BCUT2D eigenvalue weighted by atomic mass is 10.1. The number of amides is 1. The molecule has 1 N–H and O–H groups in total. The van der Waals surface area contributed by atoms with E-state index in [-0.39, 0.29) is 5.76 Å². The standard InChI is InChI=1S/C16H13NO4S/c1-9-10-5-3-4-6-12(10)21-13(9)15(18)17-11-7-8-22-14(11)16(19)20-2/h3-8H,1-2H3,(H,17,18). The van der Waals surface area contributed by atoms with Crippen LogP contribution >= 0.6 is 11.3 Å². The van der Waals surface area contributed by atoms with E-state index in [1.807, 2.05) is 31.2 Å². The van der Waals surface area contributed by atoms with Gasteiger partial charge in [-0.15, -0.1) is 11.3 Å². The summed E-state index contributed by atoms with van der Waals surface area (Å²) in [6.45, 7) is 1.83. The van der Waals surface area contributed by atoms with Crippen LogP contribution in [-0.4, -0.2) is 19.0 Å². The van der Waals surface area contributed by atoms with Crippen molar-refractivity contribution in [1.29, 1.82) is 0 Å². The largest absolute Gasteiger partial charge is 0.465 e. The van der Waals surface area contributed by atoms with Gasteiger partial charge in [0.15, 0.2) is 5.76 Å². The number of ether oxygens (including phenoxy) is 1. The van der Waals surface area contributed by atoms with Crippen LogP contribution in [0.2, 0.25) is 0 Å². The molecule has 0 spiro atoms. The smallest absolute Gasteiger partial charge is 0.350 e. The number of rotatable bonds is 3. The Hall–Kier alpha value is -2.60. The third kappa shape index (κ3) is 2.37. The Bertz CT molecular complexity index is 862. The van der Waals surface area contributed by atoms with Gasteiger partial charge in [0.1, 0.15) is 10.5 Å². The van der Waals surface area contributed by atoms with Gasteiger partial charge in [0.05, 0.1) is 12.8 Å². The van der Waals surface area contributed by atoms with E-state index >= 15 is 0 Å². The molecular weight excluding hydrogens is 302 g/mol. The number of furan rings is 1. The number of hydrogen-bond donors (Lipinski definition) is 1. The first kappa shape index (κ1) is 14.3. The van der Waals surface area contributed by atoms with Crippen LogP contribution in [0.4, 0.5) is 5.69 Å². The molecule has 0 saturated carbocycles. The molecule has 0 atom stereocenters. The average molecular weight is 315 g/mol. The van der Waals surface area contributed by atoms with Crippen LogP contribution in [0.15, 0.2) is 40.1 Å². The van der Waals surface area contributed by atoms with Gasteiger partial charge in [-0.05, 0) is 24.4 Å². The molecule has 6 heteroatoms. The maximum atomic E-state index is 12.4. The predicted molar refractivity (Wildman–Crippen MR) is 84.6 cm³/mol. The minimum absolute atomic E-state index is 0.239. The molecule has 1 amide bonds. The fourth-order valence-electron chi connectivity index (χ4n) is 2.23. The Morgan fingerprint density at radius 3 is 2.73 bits per heavy atom. The molecule has 3 rings (SSSR count). The van der Waals surface area contributed by atoms with Crippen molar-refractivity contribution in [1.82, 2.24) is 0 Å². The van der Waals surface area contributed by atoms with Crippen LogP contribution in [0.1, 0.15) is 25.8 Å². The molecule has 2 aromatic heterocycles. The first-order valence-electron chi connectivity index (χ1n) is 6.57. The number of aryl methyl sites for hydroxylation is 1. The number of esters is 1. The van der Waals surface area contributed by atoms with Gasteiger partial charge in [-0.1, -0.05) is 18.2 Å². The number of fused-ring (bicyclic) bond motifs is 1. The average Bonchev–Trinajstić information content (AvgIpc) is 3.12. The lowest BCUT2D eigenvalue weighted by Gasteiger charge is -2.04. The summed E-state index contributed by atoms with van der Waals surface area (Å²) in [6, 6.07) is 9.10. The van der Waals surface area contributed by atoms with Gasteiger partial charge in [-0.25, -0.2) is 4.79 Å². The van der Waals surface area contributed by atoms with Crippen molar-refractivity contribution in [3.05, 3.63) is 51.9 Å². The summed E-state index contributed by atoms with van der Waals surface area (Å²) < 4.78 is 10.3. The molecule has 2 heterocycles. The van der Waals surface area contributed by atoms with Crippen LogP contribution in [0.25, 0.3) is 11.0 Å². The molecule has 0 radical (unpaired) electrons. The summed E-state index contributed by atoms with van der Waals surface area (Å²) in [5, 5.41) is 5.31. The molecule has 5 nitrogen and oxygen atoms in total. The molecule has 0 unspecified atom stereocenters. The van der Waals surface area contributed by atoms with Crippen molar-refractivity contribution in [3.8, 4) is 0 Å². The molecule has 3 aromatic rings. The Morgan fingerprint density at radius 2 is 2.00 bits per heavy atom. The third-order valence-corrected chi connectivity index (χ3v) is 4.23. The van der Waals surface area contributed by atoms with Crippen molar-refractivity contribution < 1.29 is 18.7 Å². The van der Waals surface area contributed by atoms with Crippen LogP contribution in [0, 0.1) is 6.92 Å². The van der Waals surface area contributed by atoms with Gasteiger partial charge in [-0.2, -0.15) is 0 Å². The van der Waals surface area contributed by atoms with Gasteiger partial charge < -0.3 is 14.5 Å². The van der Waals surface area contributed by atoms with Crippen molar-refractivity contribution in [2.75, 3.05) is 12.4 Å². The van der Waals surface area contributed by atoms with Crippen molar-refractivity contribution in [2.24, 2.45) is 0 Å². The number of carbonyl (C=O) groups excluding carboxylic acids is 2. The molecule has 0 aliphatic rings. The fourth-order valence-corrected chi connectivity index (χ4v) is 2.99. The lowest BCUT2D eigenvalue weighted by Crippen LogP contribution is -2.14. The zero-order valence-electron chi connectivity index (χ0n) is 12.0. The molecule has 0 fully saturated rings. The summed E-state index contributed by atoms with van der Waals surface area (Å²) >= 11 is 1.21. The number of methoxy groups -OCH3 is 1. The number of benzene rings is 1. The second-order valence-electron chi connectivity index (χ2n) is 4.66. The summed E-state index contributed by atoms with van der Waals surface area (Å²) in [6.07, 6.45) is 0. The maximum absolute atomic E-state index is 12.4. The molecule has 0 aliphatic carbocycles. The van der Waals surface area contributed by atoms with Gasteiger partial charge >= 0.3 is 5.97 Å². The highest BCUT2D eigenvalue weighted by atomic mass is 32.1. The Kier molecular flexibility index (Phi) is 3.68. The van der Waals surface area contributed by atoms with E-state index in [9.17, 15) is 9.59 Å². The topological polar surface area (TPSA) is 68.5 Å². The van der Waals surface area contributed by atoms with Crippen LogP contribution in [0.5, 0.6) is 0 Å². The maximum Gasteiger partial charge on any atom is 0.350 e. The first-order chi connectivity index (χ1) is 10.6. The molecule has 112 valence electrons. The quantitative estimate of drug-likeness (QED) is 0.746. The minimum Gasteiger partial charge on any atom is -0.465 e. The van der Waals surface area contributed by atoms with E-state index in [4.69, 9.17) is 9.15 Å². The number of carbonyl (C=O) groups is 2. The highest BCUT2D eigenvalue weighted by Crippen LogP contribution is 2.27. The zero-order chi connectivity index (χ0) is 15.7. The molecular formula is C16H13NO4S. The van der Waals surface area contributed by atoms with E-state index in [1.54, 1.807) is 11.4 Å². The normalized spacial score (nSPS) is 10.6. The number of para-hydroxylation sites is 1. The number of anilines is 1. The highest BCUT2D eigenvalue weighted by Gasteiger charge is 2.21. The van der Waals surface area contributed by atoms with Crippen LogP contribution in [0.3, 0.4) is 0 Å². The second-order valence-corrected chi connectivity index (χ2v) is 5.58. The van der Waals surface area contributed by atoms with E-state index < -0.39 is 11.9 Å². The van der Waals surface area contributed by atoms with Gasteiger partial charge in [0.25, 0.3) is 5.91 Å². The number of hydrogen-bond acceptors (Lipinski definition) is 5. The Morgan fingerprint density at radius 1 is 1.23 bits per heavy atom. The van der Waals surface area contributed by atoms with Crippen molar-refractivity contribution in [3.63, 3.8) is 0 Å². The molecule has 0 saturated heterocycles. The number of thiophene rings is 1. The Labute approximate surface area is 130 Å². The molecule has 1 aromatic carbocycles. The Balaban J connectivity index is 1.93. The predicted octanol–water partition coefficient (Wildman–Crippen LogP) is 3.84. The van der Waals surface area contributed by atoms with E-state index in [1.165, 1.54) is 18.4 Å². The first-order valence-corrected chi connectivity index (χ1v) is 7.45. The van der Waals surface area contributed by atoms with E-state index in [2.05, 4.69) is 5.32 Å². The van der Waals surface area contributed by atoms with Gasteiger partial charge in [-0.3, -0.25) is 4.79 Å². The third-order valence-electron chi connectivity index (χ3n) is 3.33. The molecule has 22 heavy (non-hydrogen) atoms. The van der Waals surface area contributed by atoms with Gasteiger partial charge in [0, 0.05) is 10.9 Å². The lowest BCUT2D eigenvalue weighted by molar-refractivity contribution is 0.0607. The van der Waals surface area contributed by atoms with Crippen LogP contribution in [-0.2, 0) is 4.74 Å². The summed E-state index contributed by atoms with van der Waals surface area (Å²) in [5.41, 5.74) is 1.84. The molecule has 0 aliphatic heterocycles. The minimum atomic E-state index is -0.480. The summed E-state index contributed by atoms with van der Waals surface area (Å²) in [4.78, 5) is 24.4. The van der Waals surface area contributed by atoms with Crippen molar-refractivity contribution in [2.45, 2.75) is 6.92 Å². The number of nitrogens with one attached hydrogen (secondary N) is 1. The van der Waals surface area contributed by atoms with Gasteiger partial charge in [0.2, 0.25) is 0 Å². The fraction of sp³-hybridized carbons (Fsp3) is 0.125. The SMILES string of the molecule is COC(=O)c1sccc1NC(=O)c1oc2ccccc2c1C. The zero-order valence-corrected chi connectivity index (χ0v) is 12.8. The molecule has 0 bridgehead atoms. The van der Waals surface area contributed by atoms with Crippen LogP contribution < -0.4 is 5.32 Å². The highest BCUT2D eigenvalue weighted by molar-refractivity contribution is 7.12. The van der Waals surface area contributed by atoms with Crippen molar-refractivity contribution >= 4 is 39.9 Å². The monoisotopic (exact) mass is 315 g/mol. The van der Waals surface area contributed by atoms with E-state index in [0.29, 0.717) is 16.1 Å². The second kappa shape index (κ2) is 5.65. The summed E-state index contributed by atoms with van der Waals surface area (Å²) in [5.74, 6) is -0.632.